The quantitative estimate of drug-likeness (QED) is 0.674. The summed E-state index contributed by atoms with van der Waals surface area (Å²) in [5, 5.41) is 2.74. The van der Waals surface area contributed by atoms with Gasteiger partial charge in [0.15, 0.2) is 0 Å². The number of morpholine rings is 1. The van der Waals surface area contributed by atoms with Crippen molar-refractivity contribution in [3.8, 4) is 0 Å². The Hall–Kier alpha value is -2.82. The van der Waals surface area contributed by atoms with Crippen molar-refractivity contribution < 1.29 is 23.9 Å². The molecule has 4 rings (SSSR count). The first kappa shape index (κ1) is 20.5. The number of halogens is 1. The van der Waals surface area contributed by atoms with Crippen LogP contribution in [0.15, 0.2) is 30.3 Å². The molecule has 1 atom stereocenters. The minimum atomic E-state index is -0.525. The molecule has 158 valence electrons. The number of rotatable bonds is 5. The Bertz CT molecular complexity index is 997. The number of amides is 3. The van der Waals surface area contributed by atoms with Crippen molar-refractivity contribution in [1.82, 2.24) is 5.32 Å². The lowest BCUT2D eigenvalue weighted by Crippen LogP contribution is -2.42. The summed E-state index contributed by atoms with van der Waals surface area (Å²) in [5.41, 5.74) is 7.66. The van der Waals surface area contributed by atoms with Crippen LogP contribution in [0.3, 0.4) is 0 Å². The van der Waals surface area contributed by atoms with Gasteiger partial charge >= 0.3 is 6.09 Å². The Balaban J connectivity index is 1.39. The number of nitrogen functional groups attached to an aromatic ring is 1. The molecular formula is C19H19ClN4O5S. The number of hydrogen-bond donors (Lipinski definition) is 2. The first-order valence-corrected chi connectivity index (χ1v) is 10.4. The first-order chi connectivity index (χ1) is 14.4. The fourth-order valence-corrected chi connectivity index (χ4v) is 4.26. The molecule has 0 aliphatic carbocycles. The summed E-state index contributed by atoms with van der Waals surface area (Å²) in [6.07, 6.45) is -1.03. The van der Waals surface area contributed by atoms with Gasteiger partial charge in [0.25, 0.3) is 11.8 Å². The second-order valence-electron chi connectivity index (χ2n) is 6.77. The van der Waals surface area contributed by atoms with Crippen LogP contribution in [0, 0.1) is 0 Å². The third-order valence-corrected chi connectivity index (χ3v) is 5.99. The number of hydrogen-bond acceptors (Lipinski definition) is 7. The summed E-state index contributed by atoms with van der Waals surface area (Å²) in [5.74, 6) is -0.436. The number of anilines is 3. The Morgan fingerprint density at radius 2 is 2.10 bits per heavy atom. The Morgan fingerprint density at radius 3 is 2.80 bits per heavy atom. The number of ether oxygens (including phenoxy) is 2. The lowest BCUT2D eigenvalue weighted by molar-refractivity contribution is -0.125. The van der Waals surface area contributed by atoms with Gasteiger partial charge in [-0.25, -0.2) is 4.79 Å². The topological polar surface area (TPSA) is 114 Å². The highest BCUT2D eigenvalue weighted by Gasteiger charge is 2.33. The van der Waals surface area contributed by atoms with Gasteiger partial charge in [-0.2, -0.15) is 0 Å². The number of cyclic esters (lactones) is 1. The molecule has 1 aromatic carbocycles. The van der Waals surface area contributed by atoms with Crippen LogP contribution in [-0.4, -0.2) is 56.9 Å². The van der Waals surface area contributed by atoms with Gasteiger partial charge in [-0.3, -0.25) is 14.5 Å². The van der Waals surface area contributed by atoms with Gasteiger partial charge in [-0.15, -0.1) is 11.3 Å². The minimum absolute atomic E-state index is 0.0186. The summed E-state index contributed by atoms with van der Waals surface area (Å²) < 4.78 is 11.0. The van der Waals surface area contributed by atoms with Crippen molar-refractivity contribution in [2.24, 2.45) is 0 Å². The average Bonchev–Trinajstić information content (AvgIpc) is 3.32. The molecule has 2 aliphatic rings. The molecule has 3 heterocycles. The molecule has 3 amide bonds. The van der Waals surface area contributed by atoms with Crippen molar-refractivity contribution in [2.75, 3.05) is 48.4 Å². The van der Waals surface area contributed by atoms with Crippen molar-refractivity contribution >= 4 is 57.9 Å². The molecule has 9 nitrogen and oxygen atoms in total. The van der Waals surface area contributed by atoms with Gasteiger partial charge in [0.1, 0.15) is 12.7 Å². The summed E-state index contributed by atoms with van der Waals surface area (Å²) in [6.45, 7) is 1.32. The lowest BCUT2D eigenvalue weighted by atomic mass is 10.2. The van der Waals surface area contributed by atoms with Crippen LogP contribution >= 0.6 is 22.9 Å². The van der Waals surface area contributed by atoms with Crippen LogP contribution in [0.4, 0.5) is 21.9 Å². The average molecular weight is 451 g/mol. The standard InChI is InChI=1S/C19H19ClN4O5S/c20-16-4-3-15(30-16)18(26)22-8-12-9-24(19(27)29-12)11-1-2-14(13(21)7-11)23-5-6-28-10-17(23)25/h1-4,7,12H,5-6,8-10,21H2,(H,22,26). The molecule has 2 saturated heterocycles. The highest BCUT2D eigenvalue weighted by Crippen LogP contribution is 2.31. The van der Waals surface area contributed by atoms with E-state index in [-0.39, 0.29) is 31.5 Å². The van der Waals surface area contributed by atoms with Gasteiger partial charge in [-0.1, -0.05) is 11.6 Å². The fourth-order valence-electron chi connectivity index (χ4n) is 3.30. The summed E-state index contributed by atoms with van der Waals surface area (Å²) in [4.78, 5) is 40.0. The number of nitrogens with one attached hydrogen (secondary N) is 1. The molecular weight excluding hydrogens is 432 g/mol. The van der Waals surface area contributed by atoms with E-state index in [1.807, 2.05) is 0 Å². The molecule has 2 aliphatic heterocycles. The van der Waals surface area contributed by atoms with Crippen molar-refractivity contribution in [2.45, 2.75) is 6.10 Å². The number of carbonyl (C=O) groups excluding carboxylic acids is 3. The van der Waals surface area contributed by atoms with E-state index in [0.717, 1.165) is 0 Å². The maximum atomic E-state index is 12.3. The van der Waals surface area contributed by atoms with Gasteiger partial charge in [0, 0.05) is 12.2 Å². The van der Waals surface area contributed by atoms with Gasteiger partial charge in [-0.05, 0) is 30.3 Å². The molecule has 0 saturated carbocycles. The monoisotopic (exact) mass is 450 g/mol. The predicted molar refractivity (Wildman–Crippen MR) is 113 cm³/mol. The maximum Gasteiger partial charge on any atom is 0.414 e. The third-order valence-electron chi connectivity index (χ3n) is 4.76. The second-order valence-corrected chi connectivity index (χ2v) is 8.49. The van der Waals surface area contributed by atoms with Crippen molar-refractivity contribution in [3.63, 3.8) is 0 Å². The van der Waals surface area contributed by atoms with Crippen molar-refractivity contribution in [1.29, 1.82) is 0 Å². The van der Waals surface area contributed by atoms with Crippen LogP contribution < -0.4 is 20.9 Å². The van der Waals surface area contributed by atoms with E-state index >= 15 is 0 Å². The second kappa shape index (κ2) is 8.50. The van der Waals surface area contributed by atoms with E-state index in [1.165, 1.54) is 16.2 Å². The van der Waals surface area contributed by atoms with Gasteiger partial charge in [0.05, 0.1) is 40.3 Å². The van der Waals surface area contributed by atoms with Crippen LogP contribution in [0.2, 0.25) is 4.34 Å². The van der Waals surface area contributed by atoms with E-state index in [1.54, 1.807) is 35.2 Å². The maximum absolute atomic E-state index is 12.3. The Labute approximate surface area is 181 Å². The summed E-state index contributed by atoms with van der Waals surface area (Å²) in [7, 11) is 0. The molecule has 0 radical (unpaired) electrons. The first-order valence-electron chi connectivity index (χ1n) is 9.21. The normalized spacial score (nSPS) is 19.2. The van der Waals surface area contributed by atoms with Crippen LogP contribution in [0.25, 0.3) is 0 Å². The van der Waals surface area contributed by atoms with E-state index in [9.17, 15) is 14.4 Å². The zero-order valence-electron chi connectivity index (χ0n) is 15.8. The minimum Gasteiger partial charge on any atom is -0.442 e. The number of nitrogens with zero attached hydrogens (tertiary/aromatic N) is 2. The molecule has 1 aromatic heterocycles. The smallest absolute Gasteiger partial charge is 0.414 e. The molecule has 2 fully saturated rings. The molecule has 30 heavy (non-hydrogen) atoms. The number of carbonyl (C=O) groups is 3. The zero-order valence-corrected chi connectivity index (χ0v) is 17.4. The van der Waals surface area contributed by atoms with E-state index < -0.39 is 12.2 Å². The Morgan fingerprint density at radius 1 is 1.27 bits per heavy atom. The zero-order chi connectivity index (χ0) is 21.3. The number of nitrogens with two attached hydrogens (primary N) is 1. The number of benzene rings is 1. The summed E-state index contributed by atoms with van der Waals surface area (Å²) >= 11 is 7.02. The fraction of sp³-hybridized carbons (Fsp3) is 0.316. The van der Waals surface area contributed by atoms with Crippen LogP contribution in [-0.2, 0) is 14.3 Å². The number of thiophene rings is 1. The molecule has 0 spiro atoms. The van der Waals surface area contributed by atoms with Gasteiger partial charge in [0.2, 0.25) is 0 Å². The molecule has 0 bridgehead atoms. The van der Waals surface area contributed by atoms with E-state index in [0.29, 0.717) is 39.4 Å². The Kier molecular flexibility index (Phi) is 5.80. The molecule has 1 unspecified atom stereocenters. The van der Waals surface area contributed by atoms with E-state index in [2.05, 4.69) is 5.32 Å². The highest BCUT2D eigenvalue weighted by atomic mass is 35.5. The predicted octanol–water partition coefficient (Wildman–Crippen LogP) is 2.10. The largest absolute Gasteiger partial charge is 0.442 e. The molecule has 11 heteroatoms. The van der Waals surface area contributed by atoms with Crippen LogP contribution in [0.1, 0.15) is 9.67 Å². The highest BCUT2D eigenvalue weighted by molar-refractivity contribution is 7.18. The molecule has 3 N–H and O–H groups in total. The lowest BCUT2D eigenvalue weighted by Gasteiger charge is -2.28. The summed E-state index contributed by atoms with van der Waals surface area (Å²) in [6, 6.07) is 8.34. The van der Waals surface area contributed by atoms with E-state index in [4.69, 9.17) is 26.8 Å². The van der Waals surface area contributed by atoms with Crippen molar-refractivity contribution in [3.05, 3.63) is 39.5 Å². The third kappa shape index (κ3) is 4.20. The van der Waals surface area contributed by atoms with Crippen LogP contribution in [0.5, 0.6) is 0 Å². The SMILES string of the molecule is Nc1cc(N2CC(CNC(=O)c3ccc(Cl)s3)OC2=O)ccc1N1CCOCC1=O. The van der Waals surface area contributed by atoms with Gasteiger partial charge < -0.3 is 25.4 Å². The molecule has 2 aromatic rings.